The van der Waals surface area contributed by atoms with E-state index in [4.69, 9.17) is 15.0 Å². The van der Waals surface area contributed by atoms with Crippen LogP contribution in [0.5, 0.6) is 0 Å². The van der Waals surface area contributed by atoms with Gasteiger partial charge in [0.05, 0.1) is 11.6 Å². The van der Waals surface area contributed by atoms with Crippen LogP contribution in [0.2, 0.25) is 0 Å². The van der Waals surface area contributed by atoms with Gasteiger partial charge in [0.1, 0.15) is 0 Å². The molecule has 9 rings (SSSR count). The van der Waals surface area contributed by atoms with Gasteiger partial charge in [-0.2, -0.15) is 5.26 Å². The van der Waals surface area contributed by atoms with Crippen LogP contribution < -0.4 is 0 Å². The van der Waals surface area contributed by atoms with Gasteiger partial charge in [-0.3, -0.25) is 0 Å². The Labute approximate surface area is 302 Å². The van der Waals surface area contributed by atoms with Crippen LogP contribution in [0, 0.1) is 11.3 Å². The van der Waals surface area contributed by atoms with Crippen molar-refractivity contribution in [1.29, 1.82) is 5.26 Å². The summed E-state index contributed by atoms with van der Waals surface area (Å²) in [5, 5.41) is 14.7. The largest absolute Gasteiger partial charge is 0.208 e. The van der Waals surface area contributed by atoms with Gasteiger partial charge in [-0.05, 0) is 79.2 Å². The predicted molar refractivity (Wildman–Crippen MR) is 212 cm³/mol. The van der Waals surface area contributed by atoms with Gasteiger partial charge in [-0.15, -0.1) is 0 Å². The highest BCUT2D eigenvalue weighted by molar-refractivity contribution is 6.05. The number of hydrogen-bond donors (Lipinski definition) is 0. The monoisotopic (exact) mass is 662 g/mol. The van der Waals surface area contributed by atoms with Crippen LogP contribution in [0.4, 0.5) is 0 Å². The van der Waals surface area contributed by atoms with Crippen LogP contribution in [-0.4, -0.2) is 15.0 Å². The summed E-state index contributed by atoms with van der Waals surface area (Å²) >= 11 is 0. The van der Waals surface area contributed by atoms with Gasteiger partial charge < -0.3 is 0 Å². The molecule has 0 atom stereocenters. The molecule has 242 valence electrons. The van der Waals surface area contributed by atoms with Crippen molar-refractivity contribution in [2.75, 3.05) is 0 Å². The number of nitrogens with zero attached hydrogens (tertiary/aromatic N) is 4. The van der Waals surface area contributed by atoms with Crippen molar-refractivity contribution in [2.24, 2.45) is 0 Å². The fraction of sp³-hybridized carbons (Fsp3) is 0. The van der Waals surface area contributed by atoms with Crippen molar-refractivity contribution >= 4 is 21.5 Å². The summed E-state index contributed by atoms with van der Waals surface area (Å²) in [6, 6.07) is 64.7. The standard InChI is InChI=1S/C48H30N4/c49-31-32-27-40(39-24-19-33-11-7-8-16-38(33)29-39)30-41(28-32)43-26-25-42(44-17-9-10-18-45(43)44)34-20-22-37(23-21-34)48-51-46(35-12-3-1-4-13-35)50-47(52-48)36-14-5-2-6-15-36/h1-30H. The maximum absolute atomic E-state index is 10.0. The molecular weight excluding hydrogens is 633 g/mol. The highest BCUT2D eigenvalue weighted by Gasteiger charge is 2.15. The van der Waals surface area contributed by atoms with Gasteiger partial charge in [-0.1, -0.05) is 158 Å². The molecule has 9 aromatic rings. The number of aromatic nitrogens is 3. The van der Waals surface area contributed by atoms with E-state index < -0.39 is 0 Å². The van der Waals surface area contributed by atoms with E-state index in [2.05, 4.69) is 115 Å². The molecule has 0 unspecified atom stereocenters. The molecule has 0 aliphatic rings. The molecule has 0 spiro atoms. The van der Waals surface area contributed by atoms with Gasteiger partial charge in [0.2, 0.25) is 0 Å². The molecule has 52 heavy (non-hydrogen) atoms. The highest BCUT2D eigenvalue weighted by atomic mass is 15.0. The predicted octanol–water partition coefficient (Wildman–Crippen LogP) is 12.1. The zero-order valence-electron chi connectivity index (χ0n) is 28.1. The van der Waals surface area contributed by atoms with Crippen LogP contribution in [-0.2, 0) is 0 Å². The number of fused-ring (bicyclic) bond motifs is 2. The molecule has 1 aromatic heterocycles. The lowest BCUT2D eigenvalue weighted by atomic mass is 9.89. The fourth-order valence-electron chi connectivity index (χ4n) is 6.92. The summed E-state index contributed by atoms with van der Waals surface area (Å²) in [6.07, 6.45) is 0. The summed E-state index contributed by atoms with van der Waals surface area (Å²) in [4.78, 5) is 14.7. The van der Waals surface area contributed by atoms with Crippen LogP contribution in [0.3, 0.4) is 0 Å². The van der Waals surface area contributed by atoms with E-state index in [1.165, 1.54) is 10.8 Å². The maximum Gasteiger partial charge on any atom is 0.164 e. The Hall–Kier alpha value is -7.22. The van der Waals surface area contributed by atoms with Crippen LogP contribution >= 0.6 is 0 Å². The number of hydrogen-bond acceptors (Lipinski definition) is 4. The minimum Gasteiger partial charge on any atom is -0.208 e. The number of nitriles is 1. The SMILES string of the molecule is N#Cc1cc(-c2ccc3ccccc3c2)cc(-c2ccc(-c3ccc(-c4nc(-c5ccccc5)nc(-c5ccccc5)n4)cc3)c3ccccc23)c1. The van der Waals surface area contributed by atoms with Crippen molar-refractivity contribution < 1.29 is 0 Å². The molecule has 0 aliphatic heterocycles. The van der Waals surface area contributed by atoms with E-state index in [0.717, 1.165) is 60.8 Å². The lowest BCUT2D eigenvalue weighted by Crippen LogP contribution is -2.00. The quantitative estimate of drug-likeness (QED) is 0.178. The number of rotatable bonds is 6. The maximum atomic E-state index is 10.0. The van der Waals surface area contributed by atoms with E-state index >= 15 is 0 Å². The fourth-order valence-corrected chi connectivity index (χ4v) is 6.92. The zero-order valence-corrected chi connectivity index (χ0v) is 28.1. The smallest absolute Gasteiger partial charge is 0.164 e. The van der Waals surface area contributed by atoms with Gasteiger partial charge in [0.25, 0.3) is 0 Å². The van der Waals surface area contributed by atoms with Gasteiger partial charge in [0, 0.05) is 16.7 Å². The summed E-state index contributed by atoms with van der Waals surface area (Å²) in [5.41, 5.74) is 9.85. The van der Waals surface area contributed by atoms with Crippen molar-refractivity contribution in [3.8, 4) is 73.6 Å². The minimum absolute atomic E-state index is 0.624. The average Bonchev–Trinajstić information content (AvgIpc) is 3.23. The normalized spacial score (nSPS) is 11.1. The lowest BCUT2D eigenvalue weighted by Gasteiger charge is -2.14. The molecule has 1 heterocycles. The molecule has 4 nitrogen and oxygen atoms in total. The van der Waals surface area contributed by atoms with Crippen LogP contribution in [0.15, 0.2) is 182 Å². The third kappa shape index (κ3) is 5.87. The van der Waals surface area contributed by atoms with Crippen LogP contribution in [0.25, 0.3) is 89.1 Å². The minimum atomic E-state index is 0.624. The van der Waals surface area contributed by atoms with Crippen molar-refractivity contribution in [1.82, 2.24) is 15.0 Å². The van der Waals surface area contributed by atoms with E-state index in [-0.39, 0.29) is 0 Å². The highest BCUT2D eigenvalue weighted by Crippen LogP contribution is 2.38. The Kier molecular flexibility index (Phi) is 7.85. The Bertz CT molecular complexity index is 2730. The second-order valence-electron chi connectivity index (χ2n) is 12.8. The molecule has 8 aromatic carbocycles. The lowest BCUT2D eigenvalue weighted by molar-refractivity contribution is 1.07. The van der Waals surface area contributed by atoms with Gasteiger partial charge >= 0.3 is 0 Å². The Morgan fingerprint density at radius 3 is 1.38 bits per heavy atom. The van der Waals surface area contributed by atoms with E-state index in [0.29, 0.717) is 23.0 Å². The Morgan fingerprint density at radius 1 is 0.327 bits per heavy atom. The summed E-state index contributed by atoms with van der Waals surface area (Å²) in [7, 11) is 0. The summed E-state index contributed by atoms with van der Waals surface area (Å²) in [5.74, 6) is 1.90. The van der Waals surface area contributed by atoms with Crippen molar-refractivity contribution in [3.63, 3.8) is 0 Å². The van der Waals surface area contributed by atoms with Gasteiger partial charge in [0.15, 0.2) is 17.5 Å². The molecule has 0 saturated carbocycles. The average molecular weight is 663 g/mol. The Morgan fingerprint density at radius 2 is 0.788 bits per heavy atom. The van der Waals surface area contributed by atoms with Gasteiger partial charge in [-0.25, -0.2) is 15.0 Å². The first-order chi connectivity index (χ1) is 25.7. The van der Waals surface area contributed by atoms with Crippen molar-refractivity contribution in [3.05, 3.63) is 188 Å². The van der Waals surface area contributed by atoms with Crippen molar-refractivity contribution in [2.45, 2.75) is 0 Å². The molecular formula is C48H30N4. The molecule has 0 N–H and O–H groups in total. The van der Waals surface area contributed by atoms with E-state index in [1.807, 2.05) is 72.8 Å². The van der Waals surface area contributed by atoms with Crippen LogP contribution in [0.1, 0.15) is 5.56 Å². The molecule has 0 aliphatic carbocycles. The molecule has 4 heteroatoms. The molecule has 0 radical (unpaired) electrons. The molecule has 0 amide bonds. The zero-order chi connectivity index (χ0) is 34.9. The first kappa shape index (κ1) is 30.8. The first-order valence-corrected chi connectivity index (χ1v) is 17.2. The third-order valence-electron chi connectivity index (χ3n) is 9.53. The number of benzene rings is 8. The summed E-state index contributed by atoms with van der Waals surface area (Å²) in [6.45, 7) is 0. The second-order valence-corrected chi connectivity index (χ2v) is 12.8. The third-order valence-corrected chi connectivity index (χ3v) is 9.53. The molecule has 0 fully saturated rings. The molecule has 0 bridgehead atoms. The molecule has 0 saturated heterocycles. The van der Waals surface area contributed by atoms with E-state index in [1.54, 1.807) is 0 Å². The topological polar surface area (TPSA) is 62.5 Å². The second kappa shape index (κ2) is 13.2. The Balaban J connectivity index is 1.11. The van der Waals surface area contributed by atoms with E-state index in [9.17, 15) is 5.26 Å². The summed E-state index contributed by atoms with van der Waals surface area (Å²) < 4.78 is 0. The first-order valence-electron chi connectivity index (χ1n) is 17.2.